The van der Waals surface area contributed by atoms with E-state index >= 15 is 0 Å². The van der Waals surface area contributed by atoms with Crippen molar-refractivity contribution in [1.82, 2.24) is 15.0 Å². The number of nitrogens with zero attached hydrogens (tertiary/aromatic N) is 3. The zero-order chi connectivity index (χ0) is 25.3. The summed E-state index contributed by atoms with van der Waals surface area (Å²) < 4.78 is 42.6. The maximum atomic E-state index is 15.0. The van der Waals surface area contributed by atoms with Gasteiger partial charge in [0.2, 0.25) is 5.95 Å². The van der Waals surface area contributed by atoms with E-state index in [0.29, 0.717) is 22.4 Å². The normalized spacial score (nSPS) is 15.5. The third-order valence-electron chi connectivity index (χ3n) is 6.18. The number of pyridine rings is 1. The Morgan fingerprint density at radius 2 is 1.78 bits per heavy atom. The lowest BCUT2D eigenvalue weighted by atomic mass is 9.90. The fourth-order valence-electron chi connectivity index (χ4n) is 4.35. The molecule has 0 radical (unpaired) electrons. The fourth-order valence-corrected chi connectivity index (χ4v) is 5.91. The number of fused-ring (bicyclic) bond motifs is 1. The summed E-state index contributed by atoms with van der Waals surface area (Å²) in [7, 11) is -4.01. The summed E-state index contributed by atoms with van der Waals surface area (Å²) in [5.41, 5.74) is 7.19. The molecule has 2 aromatic heterocycles. The van der Waals surface area contributed by atoms with Crippen LogP contribution < -0.4 is 15.8 Å². The van der Waals surface area contributed by atoms with Crippen LogP contribution in [0, 0.1) is 5.82 Å². The summed E-state index contributed by atoms with van der Waals surface area (Å²) in [4.78, 5) is 13.0. The van der Waals surface area contributed by atoms with E-state index in [1.165, 1.54) is 24.8 Å². The SMILES string of the molecule is NC1(Nc2ncc3cc(-c4ncc(NS(=O)(=O)c5ccccc5Cl)cc4F)ccc3n2)CCCCC1. The molecule has 2 heterocycles. The van der Waals surface area contributed by atoms with Gasteiger partial charge in [0, 0.05) is 23.2 Å². The molecule has 4 N–H and O–H groups in total. The Morgan fingerprint density at radius 3 is 2.53 bits per heavy atom. The van der Waals surface area contributed by atoms with Gasteiger partial charge in [0.05, 0.1) is 28.1 Å². The van der Waals surface area contributed by atoms with E-state index in [4.69, 9.17) is 17.3 Å². The summed E-state index contributed by atoms with van der Waals surface area (Å²) in [6, 6.07) is 12.3. The predicted molar refractivity (Wildman–Crippen MR) is 139 cm³/mol. The molecule has 0 unspecified atom stereocenters. The number of nitrogens with one attached hydrogen (secondary N) is 2. The van der Waals surface area contributed by atoms with E-state index in [2.05, 4.69) is 25.0 Å². The van der Waals surface area contributed by atoms with Crippen LogP contribution in [0.5, 0.6) is 0 Å². The van der Waals surface area contributed by atoms with Crippen molar-refractivity contribution in [2.24, 2.45) is 5.73 Å². The lowest BCUT2D eigenvalue weighted by molar-refractivity contribution is 0.331. The predicted octanol–water partition coefficient (Wildman–Crippen LogP) is 5.32. The second kappa shape index (κ2) is 9.61. The maximum absolute atomic E-state index is 15.0. The van der Waals surface area contributed by atoms with Crippen molar-refractivity contribution in [2.75, 3.05) is 10.0 Å². The van der Waals surface area contributed by atoms with Gasteiger partial charge in [-0.3, -0.25) is 9.71 Å². The molecule has 1 aliphatic carbocycles. The Hall–Kier alpha value is -3.34. The number of anilines is 2. The molecule has 1 fully saturated rings. The quantitative estimate of drug-likeness (QED) is 0.291. The van der Waals surface area contributed by atoms with E-state index in [9.17, 15) is 12.8 Å². The van der Waals surface area contributed by atoms with Crippen molar-refractivity contribution in [1.29, 1.82) is 0 Å². The number of benzene rings is 2. The smallest absolute Gasteiger partial charge is 0.263 e. The maximum Gasteiger partial charge on any atom is 0.263 e. The molecule has 0 bridgehead atoms. The number of hydrogen-bond acceptors (Lipinski definition) is 7. The molecule has 8 nitrogen and oxygen atoms in total. The van der Waals surface area contributed by atoms with Gasteiger partial charge in [-0.05, 0) is 49.9 Å². The topological polar surface area (TPSA) is 123 Å². The first-order valence-corrected chi connectivity index (χ1v) is 13.4. The van der Waals surface area contributed by atoms with Gasteiger partial charge in [-0.2, -0.15) is 0 Å². The number of sulfonamides is 1. The first-order valence-electron chi connectivity index (χ1n) is 11.5. The Morgan fingerprint density at radius 1 is 1.00 bits per heavy atom. The summed E-state index contributed by atoms with van der Waals surface area (Å²) in [5, 5.41) is 4.03. The molecule has 0 amide bonds. The van der Waals surface area contributed by atoms with Crippen LogP contribution in [-0.4, -0.2) is 29.0 Å². The molecule has 5 rings (SSSR count). The molecule has 0 saturated heterocycles. The van der Waals surface area contributed by atoms with E-state index in [0.717, 1.165) is 31.7 Å². The first-order chi connectivity index (χ1) is 17.2. The van der Waals surface area contributed by atoms with Gasteiger partial charge in [0.1, 0.15) is 10.6 Å². The average Bonchev–Trinajstić information content (AvgIpc) is 2.84. The summed E-state index contributed by atoms with van der Waals surface area (Å²) in [5.74, 6) is -0.227. The Balaban J connectivity index is 1.37. The standard InChI is InChI=1S/C25H24ClFN6O2S/c26-19-6-2-3-7-22(19)36(34,35)33-18-13-20(27)23(29-15-18)16-8-9-21-17(12-16)14-30-24(31-21)32-25(28)10-4-1-5-11-25/h2-3,6-9,12-15,33H,1,4-5,10-11,28H2,(H,30,31,32). The van der Waals surface area contributed by atoms with E-state index in [-0.39, 0.29) is 21.3 Å². The largest absolute Gasteiger partial charge is 0.336 e. The van der Waals surface area contributed by atoms with E-state index in [1.807, 2.05) is 0 Å². The van der Waals surface area contributed by atoms with Gasteiger partial charge >= 0.3 is 0 Å². The summed E-state index contributed by atoms with van der Waals surface area (Å²) >= 11 is 6.00. The molecule has 1 saturated carbocycles. The number of aromatic nitrogens is 3. The molecular formula is C25H24ClFN6O2S. The Kier molecular flexibility index (Phi) is 6.50. The highest BCUT2D eigenvalue weighted by atomic mass is 35.5. The van der Waals surface area contributed by atoms with Crippen LogP contribution in [-0.2, 0) is 10.0 Å². The minimum Gasteiger partial charge on any atom is -0.336 e. The van der Waals surface area contributed by atoms with E-state index in [1.54, 1.807) is 36.5 Å². The zero-order valence-electron chi connectivity index (χ0n) is 19.2. The lowest BCUT2D eigenvalue weighted by Crippen LogP contribution is -2.49. The van der Waals surface area contributed by atoms with Crippen molar-refractivity contribution >= 4 is 44.2 Å². The van der Waals surface area contributed by atoms with Crippen molar-refractivity contribution in [3.05, 3.63) is 71.8 Å². The third-order valence-corrected chi connectivity index (χ3v) is 8.06. The Labute approximate surface area is 213 Å². The van der Waals surface area contributed by atoms with Crippen molar-refractivity contribution in [2.45, 2.75) is 42.7 Å². The van der Waals surface area contributed by atoms with Gasteiger partial charge in [-0.25, -0.2) is 22.8 Å². The molecule has 2 aromatic carbocycles. The third kappa shape index (κ3) is 5.11. The highest BCUT2D eigenvalue weighted by molar-refractivity contribution is 7.92. The highest BCUT2D eigenvalue weighted by Gasteiger charge is 2.28. The van der Waals surface area contributed by atoms with Crippen LogP contribution in [0.25, 0.3) is 22.2 Å². The number of hydrogen-bond donors (Lipinski definition) is 3. The minimum absolute atomic E-state index is 0.0190. The van der Waals surface area contributed by atoms with Crippen LogP contribution in [0.4, 0.5) is 16.0 Å². The summed E-state index contributed by atoms with van der Waals surface area (Å²) in [6.07, 6.45) is 7.96. The zero-order valence-corrected chi connectivity index (χ0v) is 20.8. The molecule has 0 spiro atoms. The molecular weight excluding hydrogens is 503 g/mol. The second-order valence-corrected chi connectivity index (χ2v) is 11.0. The van der Waals surface area contributed by atoms with E-state index < -0.39 is 21.5 Å². The minimum atomic E-state index is -4.01. The number of rotatable bonds is 6. The van der Waals surface area contributed by atoms with Crippen LogP contribution in [0.1, 0.15) is 32.1 Å². The number of halogens is 2. The molecule has 0 aliphatic heterocycles. The molecule has 0 atom stereocenters. The highest BCUT2D eigenvalue weighted by Crippen LogP contribution is 2.29. The number of nitrogens with two attached hydrogens (primary N) is 1. The van der Waals surface area contributed by atoms with Gasteiger partial charge in [0.25, 0.3) is 10.0 Å². The Bertz CT molecular complexity index is 1540. The monoisotopic (exact) mass is 526 g/mol. The molecule has 4 aromatic rings. The van der Waals surface area contributed by atoms with Crippen LogP contribution in [0.2, 0.25) is 5.02 Å². The lowest BCUT2D eigenvalue weighted by Gasteiger charge is -2.34. The van der Waals surface area contributed by atoms with Gasteiger partial charge in [0.15, 0.2) is 5.82 Å². The van der Waals surface area contributed by atoms with Crippen molar-refractivity contribution in [3.63, 3.8) is 0 Å². The summed E-state index contributed by atoms with van der Waals surface area (Å²) in [6.45, 7) is 0. The first kappa shape index (κ1) is 24.4. The average molecular weight is 527 g/mol. The molecule has 186 valence electrons. The van der Waals surface area contributed by atoms with Crippen LogP contribution in [0.15, 0.2) is 65.8 Å². The van der Waals surface area contributed by atoms with Gasteiger partial charge in [-0.15, -0.1) is 0 Å². The van der Waals surface area contributed by atoms with Crippen LogP contribution in [0.3, 0.4) is 0 Å². The van der Waals surface area contributed by atoms with Crippen molar-refractivity contribution < 1.29 is 12.8 Å². The molecule has 1 aliphatic rings. The van der Waals surface area contributed by atoms with Crippen LogP contribution >= 0.6 is 11.6 Å². The second-order valence-electron chi connectivity index (χ2n) is 8.90. The molecule has 36 heavy (non-hydrogen) atoms. The van der Waals surface area contributed by atoms with Crippen molar-refractivity contribution in [3.8, 4) is 11.3 Å². The van der Waals surface area contributed by atoms with Gasteiger partial charge < -0.3 is 11.1 Å². The van der Waals surface area contributed by atoms with Gasteiger partial charge in [-0.1, -0.05) is 36.2 Å². The fraction of sp³-hybridized carbons (Fsp3) is 0.240. The molecule has 11 heteroatoms.